The zero-order valence-corrected chi connectivity index (χ0v) is 15.1. The van der Waals surface area contributed by atoms with E-state index in [2.05, 4.69) is 26.3 Å². The molecular weight excluding hydrogens is 402 g/mol. The van der Waals surface area contributed by atoms with Gasteiger partial charge in [0.15, 0.2) is 0 Å². The number of nitro groups is 1. The maximum atomic E-state index is 11.2. The van der Waals surface area contributed by atoms with E-state index >= 15 is 0 Å². The molecule has 1 heterocycles. The molecule has 8 nitrogen and oxygen atoms in total. The molecule has 0 spiro atoms. The van der Waals surface area contributed by atoms with Gasteiger partial charge in [0.25, 0.3) is 11.6 Å². The molecule has 131 valence electrons. The van der Waals surface area contributed by atoms with Gasteiger partial charge in [0.1, 0.15) is 5.56 Å². The first kappa shape index (κ1) is 17.6. The summed E-state index contributed by atoms with van der Waals surface area (Å²) in [5.41, 5.74) is 9.45. The number of anilines is 2. The van der Waals surface area contributed by atoms with Crippen LogP contribution in [0.4, 0.5) is 17.1 Å². The Morgan fingerprint density at radius 1 is 1.27 bits per heavy atom. The second-order valence-corrected chi connectivity index (χ2v) is 6.34. The SMILES string of the molecule is Cn1ncc(Br)c1-c1cccc(Nc2ccc(C([NH])=O)c([N+](=O)[O-])c2)c1. The molecule has 0 aliphatic carbocycles. The second kappa shape index (κ2) is 6.96. The largest absolute Gasteiger partial charge is 0.355 e. The van der Waals surface area contributed by atoms with Gasteiger partial charge < -0.3 is 5.32 Å². The quantitative estimate of drug-likeness (QED) is 0.501. The van der Waals surface area contributed by atoms with Crippen molar-refractivity contribution in [3.8, 4) is 11.3 Å². The number of carbonyl (C=O) groups is 1. The summed E-state index contributed by atoms with van der Waals surface area (Å²) in [4.78, 5) is 21.7. The van der Waals surface area contributed by atoms with Crippen molar-refractivity contribution in [2.75, 3.05) is 5.32 Å². The van der Waals surface area contributed by atoms with Crippen molar-refractivity contribution in [3.05, 3.63) is 68.8 Å². The van der Waals surface area contributed by atoms with Gasteiger partial charge in [-0.1, -0.05) is 12.1 Å². The minimum atomic E-state index is -1.09. The molecule has 0 unspecified atom stereocenters. The third-order valence-electron chi connectivity index (χ3n) is 3.76. The first-order valence-corrected chi connectivity index (χ1v) is 8.25. The third-order valence-corrected chi connectivity index (χ3v) is 4.34. The highest BCUT2D eigenvalue weighted by Gasteiger charge is 2.19. The molecule has 0 saturated heterocycles. The molecule has 3 rings (SSSR count). The summed E-state index contributed by atoms with van der Waals surface area (Å²) >= 11 is 3.46. The number of aromatic nitrogens is 2. The number of halogens is 1. The van der Waals surface area contributed by atoms with Gasteiger partial charge in [-0.2, -0.15) is 5.10 Å². The van der Waals surface area contributed by atoms with Crippen molar-refractivity contribution in [1.29, 1.82) is 0 Å². The average Bonchev–Trinajstić information content (AvgIpc) is 2.93. The Bertz CT molecular complexity index is 996. The molecule has 0 fully saturated rings. The van der Waals surface area contributed by atoms with Gasteiger partial charge in [-0.15, -0.1) is 0 Å². The van der Waals surface area contributed by atoms with Crippen molar-refractivity contribution >= 4 is 38.9 Å². The van der Waals surface area contributed by atoms with Crippen LogP contribution < -0.4 is 11.1 Å². The number of benzene rings is 2. The molecule has 2 N–H and O–H groups in total. The van der Waals surface area contributed by atoms with Crippen molar-refractivity contribution in [2.45, 2.75) is 0 Å². The molecule has 26 heavy (non-hydrogen) atoms. The molecule has 0 atom stereocenters. The minimum Gasteiger partial charge on any atom is -0.355 e. The molecule has 0 saturated carbocycles. The molecule has 3 aromatic rings. The topological polar surface area (TPSA) is 114 Å². The van der Waals surface area contributed by atoms with Gasteiger partial charge in [-0.3, -0.25) is 25.3 Å². The lowest BCUT2D eigenvalue weighted by Gasteiger charge is -2.10. The summed E-state index contributed by atoms with van der Waals surface area (Å²) < 4.78 is 2.59. The number of nitrogens with zero attached hydrogens (tertiary/aromatic N) is 3. The van der Waals surface area contributed by atoms with Gasteiger partial charge in [-0.25, -0.2) is 0 Å². The maximum absolute atomic E-state index is 11.2. The summed E-state index contributed by atoms with van der Waals surface area (Å²) in [6.07, 6.45) is 1.70. The predicted octanol–water partition coefficient (Wildman–Crippen LogP) is 3.92. The fourth-order valence-corrected chi connectivity index (χ4v) is 3.18. The van der Waals surface area contributed by atoms with Crippen LogP contribution in [0.2, 0.25) is 0 Å². The van der Waals surface area contributed by atoms with Crippen molar-refractivity contribution in [3.63, 3.8) is 0 Å². The van der Waals surface area contributed by atoms with E-state index < -0.39 is 16.5 Å². The highest BCUT2D eigenvalue weighted by Crippen LogP contribution is 2.31. The number of aryl methyl sites for hydroxylation is 1. The zero-order valence-electron chi connectivity index (χ0n) is 13.6. The molecule has 0 bridgehead atoms. The van der Waals surface area contributed by atoms with Crippen LogP contribution in [-0.4, -0.2) is 20.6 Å². The van der Waals surface area contributed by atoms with E-state index in [-0.39, 0.29) is 5.56 Å². The Labute approximate surface area is 156 Å². The molecule has 1 amide bonds. The lowest BCUT2D eigenvalue weighted by atomic mass is 10.1. The van der Waals surface area contributed by atoms with Crippen LogP contribution in [-0.2, 0) is 7.05 Å². The van der Waals surface area contributed by atoms with Gasteiger partial charge in [0.2, 0.25) is 0 Å². The fourth-order valence-electron chi connectivity index (χ4n) is 2.60. The maximum Gasteiger partial charge on any atom is 0.284 e. The summed E-state index contributed by atoms with van der Waals surface area (Å²) in [5, 5.41) is 18.4. The van der Waals surface area contributed by atoms with E-state index in [1.807, 2.05) is 31.3 Å². The number of hydrogen-bond donors (Lipinski definition) is 1. The lowest BCUT2D eigenvalue weighted by molar-refractivity contribution is -0.385. The van der Waals surface area contributed by atoms with E-state index in [0.717, 1.165) is 21.4 Å². The number of hydrogen-bond acceptors (Lipinski definition) is 5. The Kier molecular flexibility index (Phi) is 4.72. The van der Waals surface area contributed by atoms with Crippen LogP contribution in [0.15, 0.2) is 53.1 Å². The van der Waals surface area contributed by atoms with Gasteiger partial charge in [0, 0.05) is 30.1 Å². The van der Waals surface area contributed by atoms with Crippen molar-refractivity contribution in [1.82, 2.24) is 15.5 Å². The molecule has 0 aliphatic heterocycles. The fraction of sp³-hybridized carbons (Fsp3) is 0.0588. The minimum absolute atomic E-state index is 0.242. The molecular formula is C17H13BrN5O3. The molecule has 0 aliphatic rings. The van der Waals surface area contributed by atoms with Crippen LogP contribution in [0.25, 0.3) is 11.3 Å². The monoisotopic (exact) mass is 414 g/mol. The Hall–Kier alpha value is -3.20. The number of rotatable bonds is 5. The Morgan fingerprint density at radius 2 is 2.00 bits per heavy atom. The van der Waals surface area contributed by atoms with E-state index in [1.165, 1.54) is 18.2 Å². The van der Waals surface area contributed by atoms with Crippen LogP contribution in [0.1, 0.15) is 10.4 Å². The highest BCUT2D eigenvalue weighted by molar-refractivity contribution is 9.10. The summed E-state index contributed by atoms with van der Waals surface area (Å²) in [6.45, 7) is 0. The average molecular weight is 415 g/mol. The number of amides is 1. The zero-order chi connectivity index (χ0) is 18.8. The summed E-state index contributed by atoms with van der Waals surface area (Å²) in [6, 6.07) is 11.5. The van der Waals surface area contributed by atoms with Crippen molar-refractivity contribution < 1.29 is 9.72 Å². The van der Waals surface area contributed by atoms with E-state index in [1.54, 1.807) is 10.9 Å². The first-order chi connectivity index (χ1) is 12.4. The van der Waals surface area contributed by atoms with Gasteiger partial charge in [-0.05, 0) is 40.2 Å². The lowest BCUT2D eigenvalue weighted by Crippen LogP contribution is -2.05. The van der Waals surface area contributed by atoms with E-state index in [4.69, 9.17) is 5.73 Å². The Balaban J connectivity index is 1.95. The normalized spacial score (nSPS) is 10.5. The third kappa shape index (κ3) is 3.42. The first-order valence-electron chi connectivity index (χ1n) is 7.46. The van der Waals surface area contributed by atoms with Crippen LogP contribution in [0.3, 0.4) is 0 Å². The van der Waals surface area contributed by atoms with E-state index in [0.29, 0.717) is 5.69 Å². The number of nitro benzene ring substituents is 1. The smallest absolute Gasteiger partial charge is 0.284 e. The molecule has 1 radical (unpaired) electrons. The summed E-state index contributed by atoms with van der Waals surface area (Å²) in [7, 11) is 1.83. The predicted molar refractivity (Wildman–Crippen MR) is 100 cm³/mol. The highest BCUT2D eigenvalue weighted by atomic mass is 79.9. The molecule has 9 heteroatoms. The number of carbonyl (C=O) groups excluding carboxylic acids is 1. The van der Waals surface area contributed by atoms with Crippen LogP contribution >= 0.6 is 15.9 Å². The van der Waals surface area contributed by atoms with E-state index in [9.17, 15) is 14.9 Å². The number of nitrogens with one attached hydrogen (secondary N) is 2. The molecule has 1 aromatic heterocycles. The summed E-state index contributed by atoms with van der Waals surface area (Å²) in [5.74, 6) is -1.09. The molecule has 2 aromatic carbocycles. The van der Waals surface area contributed by atoms with Crippen molar-refractivity contribution in [2.24, 2.45) is 7.05 Å². The second-order valence-electron chi connectivity index (χ2n) is 5.49. The van der Waals surface area contributed by atoms with Crippen LogP contribution in [0.5, 0.6) is 0 Å². The van der Waals surface area contributed by atoms with Gasteiger partial charge >= 0.3 is 0 Å². The Morgan fingerprint density at radius 3 is 2.62 bits per heavy atom. The standard InChI is InChI=1S/C17H13BrN5O3/c1-22-16(14(18)9-20-22)10-3-2-4-11(7-10)21-12-5-6-13(17(19)24)15(8-12)23(25)26/h2-9,19,21H,1H3. The van der Waals surface area contributed by atoms with Crippen LogP contribution in [0, 0.1) is 10.1 Å². The van der Waals surface area contributed by atoms with Gasteiger partial charge in [0.05, 0.1) is 21.3 Å².